The van der Waals surface area contributed by atoms with Crippen molar-refractivity contribution in [1.82, 2.24) is 10.2 Å². The Hall–Kier alpha value is -0.0700. The van der Waals surface area contributed by atoms with Crippen LogP contribution in [-0.2, 0) is 4.74 Å². The summed E-state index contributed by atoms with van der Waals surface area (Å²) in [5.41, 5.74) is 0. The monoisotopic (exact) mass is 262 g/mol. The average molecular weight is 262 g/mol. The number of nitrogens with one attached hydrogen (secondary N) is 1. The van der Waals surface area contributed by atoms with Gasteiger partial charge in [-0.2, -0.15) is 23.5 Å². The molecule has 1 atom stereocenters. The third-order valence-corrected chi connectivity index (χ3v) is 5.51. The molecule has 0 aromatic heterocycles. The third kappa shape index (κ3) is 3.75. The molecule has 2 heterocycles. The van der Waals surface area contributed by atoms with Gasteiger partial charge < -0.3 is 15.0 Å². The number of thioether (sulfide) groups is 2. The molecule has 4 nitrogen and oxygen atoms in total. The van der Waals surface area contributed by atoms with E-state index in [1.165, 1.54) is 11.5 Å². The summed E-state index contributed by atoms with van der Waals surface area (Å²) < 4.78 is 5.22. The first kappa shape index (κ1) is 12.4. The third-order valence-electron chi connectivity index (χ3n) is 2.66. The van der Waals surface area contributed by atoms with E-state index < -0.39 is 0 Å². The number of carbonyl (C=O) groups excluding carboxylic acids is 1. The van der Waals surface area contributed by atoms with Crippen LogP contribution in [0.3, 0.4) is 0 Å². The fourth-order valence-electron chi connectivity index (χ4n) is 1.73. The van der Waals surface area contributed by atoms with E-state index >= 15 is 0 Å². The fraction of sp³-hybridized carbons (Fsp3) is 0.900. The quantitative estimate of drug-likeness (QED) is 0.802. The molecular formula is C10H18N2O2S2. The second-order valence-corrected chi connectivity index (χ2v) is 6.41. The highest BCUT2D eigenvalue weighted by atomic mass is 32.2. The van der Waals surface area contributed by atoms with E-state index in [4.69, 9.17) is 4.74 Å². The summed E-state index contributed by atoms with van der Waals surface area (Å²) in [6.45, 7) is 3.58. The van der Waals surface area contributed by atoms with Gasteiger partial charge in [-0.05, 0) is 0 Å². The molecule has 0 spiro atoms. The molecule has 2 aliphatic rings. The SMILES string of the molecule is O=C(NCC1CSCCS1)N1CCOCC1. The first-order valence-electron chi connectivity index (χ1n) is 5.66. The van der Waals surface area contributed by atoms with Crippen LogP contribution in [0.15, 0.2) is 0 Å². The number of hydrogen-bond donors (Lipinski definition) is 1. The first-order valence-corrected chi connectivity index (χ1v) is 7.86. The second-order valence-electron chi connectivity index (χ2n) is 3.85. The number of rotatable bonds is 2. The van der Waals surface area contributed by atoms with E-state index in [0.717, 1.165) is 25.4 Å². The number of amides is 2. The van der Waals surface area contributed by atoms with Gasteiger partial charge in [0, 0.05) is 42.1 Å². The van der Waals surface area contributed by atoms with Crippen LogP contribution < -0.4 is 5.32 Å². The van der Waals surface area contributed by atoms with Crippen LogP contribution in [-0.4, -0.2) is 66.3 Å². The molecule has 2 fully saturated rings. The van der Waals surface area contributed by atoms with Crippen LogP contribution in [0.2, 0.25) is 0 Å². The minimum Gasteiger partial charge on any atom is -0.378 e. The van der Waals surface area contributed by atoms with Gasteiger partial charge in [-0.3, -0.25) is 0 Å². The van der Waals surface area contributed by atoms with E-state index in [9.17, 15) is 4.79 Å². The summed E-state index contributed by atoms with van der Waals surface area (Å²) in [6.07, 6.45) is 0. The smallest absolute Gasteiger partial charge is 0.317 e. The number of hydrogen-bond acceptors (Lipinski definition) is 4. The zero-order valence-electron chi connectivity index (χ0n) is 9.31. The standard InChI is InChI=1S/C10H18N2O2S2/c13-10(12-1-3-14-4-2-12)11-7-9-8-15-5-6-16-9/h9H,1-8H2,(H,11,13). The van der Waals surface area contributed by atoms with Gasteiger partial charge in [-0.25, -0.2) is 4.79 Å². The van der Waals surface area contributed by atoms with Crippen molar-refractivity contribution < 1.29 is 9.53 Å². The Morgan fingerprint density at radius 2 is 2.19 bits per heavy atom. The van der Waals surface area contributed by atoms with Crippen LogP contribution in [0, 0.1) is 0 Å². The molecule has 6 heteroatoms. The molecule has 2 amide bonds. The Morgan fingerprint density at radius 3 is 2.88 bits per heavy atom. The van der Waals surface area contributed by atoms with Gasteiger partial charge in [-0.15, -0.1) is 0 Å². The molecule has 16 heavy (non-hydrogen) atoms. The zero-order chi connectivity index (χ0) is 11.2. The largest absolute Gasteiger partial charge is 0.378 e. The van der Waals surface area contributed by atoms with Crippen molar-refractivity contribution in [2.75, 3.05) is 50.1 Å². The fourth-order valence-corrected chi connectivity index (χ4v) is 4.35. The molecule has 2 aliphatic heterocycles. The highest BCUT2D eigenvalue weighted by Crippen LogP contribution is 2.23. The molecule has 0 aromatic rings. The Kier molecular flexibility index (Phi) is 5.12. The van der Waals surface area contributed by atoms with Gasteiger partial charge in [0.25, 0.3) is 0 Å². The molecule has 1 N–H and O–H groups in total. The summed E-state index contributed by atoms with van der Waals surface area (Å²) in [6, 6.07) is 0.0690. The first-order chi connectivity index (χ1) is 7.86. The van der Waals surface area contributed by atoms with Crippen molar-refractivity contribution in [3.8, 4) is 0 Å². The van der Waals surface area contributed by atoms with E-state index in [1.807, 2.05) is 28.4 Å². The van der Waals surface area contributed by atoms with Gasteiger partial charge in [0.15, 0.2) is 0 Å². The Bertz CT molecular complexity index is 229. The van der Waals surface area contributed by atoms with Gasteiger partial charge in [-0.1, -0.05) is 0 Å². The van der Waals surface area contributed by atoms with Crippen LogP contribution in [0.5, 0.6) is 0 Å². The minimum absolute atomic E-state index is 0.0690. The Labute approximate surface area is 105 Å². The summed E-state index contributed by atoms with van der Waals surface area (Å²) in [7, 11) is 0. The van der Waals surface area contributed by atoms with Crippen LogP contribution in [0.25, 0.3) is 0 Å². The van der Waals surface area contributed by atoms with Crippen molar-refractivity contribution in [2.45, 2.75) is 5.25 Å². The summed E-state index contributed by atoms with van der Waals surface area (Å²) in [5, 5.41) is 3.61. The highest BCUT2D eigenvalue weighted by molar-refractivity contribution is 8.06. The minimum atomic E-state index is 0.0690. The normalized spacial score (nSPS) is 26.5. The van der Waals surface area contributed by atoms with E-state index in [-0.39, 0.29) is 6.03 Å². The number of ether oxygens (including phenoxy) is 1. The van der Waals surface area contributed by atoms with Crippen molar-refractivity contribution in [3.63, 3.8) is 0 Å². The van der Waals surface area contributed by atoms with Crippen LogP contribution >= 0.6 is 23.5 Å². The van der Waals surface area contributed by atoms with E-state index in [0.29, 0.717) is 18.5 Å². The predicted molar refractivity (Wildman–Crippen MR) is 69.4 cm³/mol. The maximum absolute atomic E-state index is 11.8. The number of nitrogens with zero attached hydrogens (tertiary/aromatic N) is 1. The van der Waals surface area contributed by atoms with Gasteiger partial charge in [0.2, 0.25) is 0 Å². The predicted octanol–water partition coefficient (Wildman–Crippen LogP) is 0.877. The molecule has 0 saturated carbocycles. The maximum Gasteiger partial charge on any atom is 0.317 e. The highest BCUT2D eigenvalue weighted by Gasteiger charge is 2.19. The summed E-state index contributed by atoms with van der Waals surface area (Å²) in [5.74, 6) is 3.62. The van der Waals surface area contributed by atoms with Crippen molar-refractivity contribution in [2.24, 2.45) is 0 Å². The molecule has 0 aromatic carbocycles. The molecule has 1 unspecified atom stereocenters. The Morgan fingerprint density at radius 1 is 1.38 bits per heavy atom. The lowest BCUT2D eigenvalue weighted by molar-refractivity contribution is 0.0533. The van der Waals surface area contributed by atoms with Crippen molar-refractivity contribution in [1.29, 1.82) is 0 Å². The maximum atomic E-state index is 11.8. The number of morpholine rings is 1. The zero-order valence-corrected chi connectivity index (χ0v) is 10.9. The Balaban J connectivity index is 1.65. The topological polar surface area (TPSA) is 41.6 Å². The second kappa shape index (κ2) is 6.61. The average Bonchev–Trinajstić information content (AvgIpc) is 2.38. The van der Waals surface area contributed by atoms with Crippen LogP contribution in [0.4, 0.5) is 4.79 Å². The van der Waals surface area contributed by atoms with Crippen LogP contribution in [0.1, 0.15) is 0 Å². The molecule has 0 bridgehead atoms. The lowest BCUT2D eigenvalue weighted by atomic mass is 10.4. The summed E-state index contributed by atoms with van der Waals surface area (Å²) in [4.78, 5) is 13.6. The molecule has 2 rings (SSSR count). The summed E-state index contributed by atoms with van der Waals surface area (Å²) >= 11 is 3.96. The molecule has 2 saturated heterocycles. The molecular weight excluding hydrogens is 244 g/mol. The lowest BCUT2D eigenvalue weighted by Crippen LogP contribution is -2.47. The molecule has 0 radical (unpaired) electrons. The molecule has 0 aliphatic carbocycles. The van der Waals surface area contributed by atoms with Gasteiger partial charge >= 0.3 is 6.03 Å². The molecule has 92 valence electrons. The number of carbonyl (C=O) groups is 1. The van der Waals surface area contributed by atoms with Gasteiger partial charge in [0.1, 0.15) is 0 Å². The van der Waals surface area contributed by atoms with Crippen molar-refractivity contribution in [3.05, 3.63) is 0 Å². The van der Waals surface area contributed by atoms with E-state index in [1.54, 1.807) is 0 Å². The van der Waals surface area contributed by atoms with Gasteiger partial charge in [0.05, 0.1) is 13.2 Å². The van der Waals surface area contributed by atoms with E-state index in [2.05, 4.69) is 5.32 Å². The number of urea groups is 1. The lowest BCUT2D eigenvalue weighted by Gasteiger charge is -2.28. The van der Waals surface area contributed by atoms with Crippen molar-refractivity contribution >= 4 is 29.6 Å².